The second-order valence-electron chi connectivity index (χ2n) is 24.8. The van der Waals surface area contributed by atoms with Crippen molar-refractivity contribution in [3.05, 3.63) is 93.7 Å². The van der Waals surface area contributed by atoms with Crippen molar-refractivity contribution in [2.45, 2.75) is 173 Å². The number of nitrogens with zero attached hydrogens (tertiary/aromatic N) is 3. The highest BCUT2D eigenvalue weighted by Crippen LogP contribution is 2.50. The molecule has 2 saturated heterocycles. The van der Waals surface area contributed by atoms with Gasteiger partial charge in [0, 0.05) is 99.6 Å². The summed E-state index contributed by atoms with van der Waals surface area (Å²) in [5, 5.41) is 22.2. The molecule has 2 aromatic carbocycles. The monoisotopic (exact) mass is 1400 g/mol. The highest BCUT2D eigenvalue weighted by molar-refractivity contribution is 9.09. The number of urea groups is 1. The van der Waals surface area contributed by atoms with E-state index >= 15 is 0 Å². The van der Waals surface area contributed by atoms with Crippen molar-refractivity contribution in [2.75, 3.05) is 49.9 Å². The van der Waals surface area contributed by atoms with Gasteiger partial charge in [-0.2, -0.15) is 0 Å². The number of allylic oxidation sites excluding steroid dienone is 3. The van der Waals surface area contributed by atoms with Gasteiger partial charge in [0.15, 0.2) is 5.78 Å². The number of ketones is 2. The number of pyridine rings is 1. The van der Waals surface area contributed by atoms with Crippen molar-refractivity contribution in [1.29, 1.82) is 0 Å². The van der Waals surface area contributed by atoms with E-state index in [1.807, 2.05) is 45.9 Å². The van der Waals surface area contributed by atoms with Crippen LogP contribution < -0.4 is 26.6 Å². The Bertz CT molecular complexity index is 3200. The smallest absolute Gasteiger partial charge is 0.328 e. The molecule has 0 aliphatic carbocycles. The number of halogens is 3. The maximum absolute atomic E-state index is 14.7. The van der Waals surface area contributed by atoms with Crippen molar-refractivity contribution in [3.63, 3.8) is 0 Å². The number of aromatic nitrogens is 1. The van der Waals surface area contributed by atoms with Crippen LogP contribution in [-0.2, 0) is 65.4 Å². The first-order valence-corrected chi connectivity index (χ1v) is 33.3. The number of primary amides is 1. The summed E-state index contributed by atoms with van der Waals surface area (Å²) in [5.74, 6) is -5.35. The SMILES string of the molecule is CO[C@@H]1/C=C/C=C(\C)Cc2cc(C)c(Cl)c(c2)N(C)C(=O)C[C@H](OC(=O)[C@H](C)N(C)C(=O)c2ccc(CC(=O)[C@H](CCCNC(N)=O)NC(=O)[C@@H](CC(=O)CCCCCNC(=O)C(CBr)CBr)C(C)C)c3ncccc23)[C@]2(C)O[C@H]2[C@H](C)[C@@H]2C[C@@]1(O)CC(=O)O2. The Labute approximate surface area is 549 Å². The molecule has 2 fully saturated rings. The third-order valence-electron chi connectivity index (χ3n) is 17.6. The molecule has 3 aromatic rings. The average Bonchev–Trinajstić information content (AvgIpc) is 1.63. The lowest BCUT2D eigenvalue weighted by Crippen LogP contribution is -2.53. The lowest BCUT2D eigenvalue weighted by atomic mass is 9.78. The number of anilines is 1. The van der Waals surface area contributed by atoms with Crippen molar-refractivity contribution in [3.8, 4) is 0 Å². The molecule has 90 heavy (non-hydrogen) atoms. The second-order valence-corrected chi connectivity index (χ2v) is 26.4. The number of benzene rings is 2. The fourth-order valence-electron chi connectivity index (χ4n) is 11.8. The molecule has 3 aliphatic rings. The number of Topliss-reactive ketones (excluding diaryl/α,β-unsaturated/α-hetero) is 2. The van der Waals surface area contributed by atoms with Gasteiger partial charge in [-0.3, -0.25) is 38.5 Å². The number of alkyl halides is 2. The molecule has 0 spiro atoms. The Balaban J connectivity index is 1.20. The minimum absolute atomic E-state index is 0.00747. The quantitative estimate of drug-likeness (QED) is 0.0219. The number of nitrogens with one attached hydrogen (secondary N) is 3. The zero-order valence-corrected chi connectivity index (χ0v) is 57.1. The predicted molar refractivity (Wildman–Crippen MR) is 349 cm³/mol. The Hall–Kier alpha value is -6.11. The lowest BCUT2D eigenvalue weighted by Gasteiger charge is -2.41. The van der Waals surface area contributed by atoms with Crippen LogP contribution in [-0.4, -0.2) is 161 Å². The molecule has 3 aliphatic heterocycles. The summed E-state index contributed by atoms with van der Waals surface area (Å²) in [4.78, 5) is 130. The van der Waals surface area contributed by atoms with Gasteiger partial charge in [-0.1, -0.05) is 113 Å². The molecule has 0 radical (unpaired) electrons. The molecule has 6 amide bonds. The van der Waals surface area contributed by atoms with Crippen LogP contribution >= 0.6 is 43.5 Å². The molecule has 4 bridgehead atoms. The van der Waals surface area contributed by atoms with Crippen LogP contribution in [0.1, 0.15) is 133 Å². The van der Waals surface area contributed by atoms with E-state index in [0.717, 1.165) is 16.7 Å². The summed E-state index contributed by atoms with van der Waals surface area (Å²) in [6.45, 7) is 13.0. The van der Waals surface area contributed by atoms with Gasteiger partial charge in [0.25, 0.3) is 5.91 Å². The fraction of sp³-hybridized carbons (Fsp3) is 0.576. The van der Waals surface area contributed by atoms with Crippen LogP contribution in [0.4, 0.5) is 10.5 Å². The first kappa shape index (κ1) is 72.9. The molecule has 6 N–H and O–H groups in total. The zero-order valence-electron chi connectivity index (χ0n) is 53.2. The average molecular weight is 1400 g/mol. The molecule has 6 rings (SSSR count). The third kappa shape index (κ3) is 18.8. The van der Waals surface area contributed by atoms with Gasteiger partial charge < -0.3 is 55.5 Å². The first-order valence-electron chi connectivity index (χ1n) is 30.7. The number of esters is 2. The highest BCUT2D eigenvalue weighted by atomic mass is 79.9. The summed E-state index contributed by atoms with van der Waals surface area (Å²) < 4.78 is 24.4. The molecule has 492 valence electrons. The maximum atomic E-state index is 14.7. The van der Waals surface area contributed by atoms with Crippen molar-refractivity contribution in [2.24, 2.45) is 29.4 Å². The van der Waals surface area contributed by atoms with Crippen molar-refractivity contribution >= 4 is 113 Å². The minimum Gasteiger partial charge on any atom is -0.462 e. The largest absolute Gasteiger partial charge is 0.462 e. The summed E-state index contributed by atoms with van der Waals surface area (Å²) in [5.41, 5.74) is 6.21. The molecule has 0 unspecified atom stereocenters. The molecular weight excluding hydrogens is 1310 g/mol. The summed E-state index contributed by atoms with van der Waals surface area (Å²) >= 11 is 13.6. The van der Waals surface area contributed by atoms with Crippen molar-refractivity contribution < 1.29 is 67.2 Å². The number of aryl methyl sites for hydroxylation is 1. The molecule has 24 heteroatoms. The van der Waals surface area contributed by atoms with Crippen LogP contribution in [0, 0.1) is 30.6 Å². The Kier molecular flexibility index (Phi) is 26.7. The van der Waals surface area contributed by atoms with E-state index in [1.165, 1.54) is 43.1 Å². The third-order valence-corrected chi connectivity index (χ3v) is 19.6. The molecule has 1 aromatic heterocycles. The van der Waals surface area contributed by atoms with Gasteiger partial charge in [-0.05, 0) is 101 Å². The summed E-state index contributed by atoms with van der Waals surface area (Å²) in [6.07, 6.45) is 5.24. The number of aliphatic hydroxyl groups is 1. The van der Waals surface area contributed by atoms with E-state index in [2.05, 4.69) is 52.8 Å². The topological polar surface area (TPSA) is 296 Å². The van der Waals surface area contributed by atoms with Crippen LogP contribution in [0.25, 0.3) is 10.9 Å². The van der Waals surface area contributed by atoms with Gasteiger partial charge >= 0.3 is 18.0 Å². The van der Waals surface area contributed by atoms with Gasteiger partial charge in [0.1, 0.15) is 41.3 Å². The maximum Gasteiger partial charge on any atom is 0.328 e. The Morgan fingerprint density at radius 1 is 0.989 bits per heavy atom. The molecular formula is C66H88Br2ClN7O14. The van der Waals surface area contributed by atoms with Gasteiger partial charge in [0.05, 0.1) is 47.1 Å². The number of carbonyl (C=O) groups is 9. The lowest BCUT2D eigenvalue weighted by molar-refractivity contribution is -0.187. The van der Waals surface area contributed by atoms with Crippen LogP contribution in [0.15, 0.2) is 66.4 Å². The number of fused-ring (bicyclic) bond motifs is 6. The van der Waals surface area contributed by atoms with E-state index in [-0.39, 0.29) is 87.0 Å². The first-order chi connectivity index (χ1) is 42.6. The Morgan fingerprint density at radius 3 is 2.38 bits per heavy atom. The number of hydrogen-bond donors (Lipinski definition) is 5. The summed E-state index contributed by atoms with van der Waals surface area (Å²) in [7, 11) is 4.47. The number of hydrogen-bond acceptors (Lipinski definition) is 15. The second kappa shape index (κ2) is 32.9. The number of unbranched alkanes of at least 4 members (excludes halogenated alkanes) is 2. The number of rotatable bonds is 26. The van der Waals surface area contributed by atoms with Gasteiger partial charge in [-0.15, -0.1) is 0 Å². The number of nitrogens with two attached hydrogens (primary N) is 1. The highest BCUT2D eigenvalue weighted by Gasteiger charge is 2.64. The van der Waals surface area contributed by atoms with E-state index in [1.54, 1.807) is 51.2 Å². The molecule has 0 saturated carbocycles. The molecule has 21 nitrogen and oxygen atoms in total. The number of epoxide rings is 1. The normalized spacial score (nSPS) is 23.9. The van der Waals surface area contributed by atoms with E-state index in [4.69, 9.17) is 36.3 Å². The standard InChI is InChI=1S/C66H88Br2ClN7O14/c1-37(2)48(31-45(77)18-12-11-13-24-72-60(81)44(35-67)36-68)61(82)74-49(20-16-26-73-64(70)85)51(78)30-43-22-23-47(46-19-15-25-71-58(43)46)62(83)75(8)41(6)63(84)89-54-32-55(79)76(9)50-29-42(28-39(4)57(50)69)27-38(3)17-14-21-53(87-10)66(86)33-52(88-56(80)34-66)40(5)59-65(54,7)90-59/h14-15,17,19,21-23,25,28-29,37,40-41,44,48-49,52-54,59,86H,11-13,16,18,20,24,26-27,30-36H2,1-10H3,(H,72,81)(H,74,82)(H3,70,73,85)/b21-14+,38-17+/t40-,41+,48+,49+,52+,53-,54+,59+,65+,66-/m1/s1. The molecule has 4 heterocycles. The number of amides is 6. The van der Waals surface area contributed by atoms with Crippen LogP contribution in [0.3, 0.4) is 0 Å². The van der Waals surface area contributed by atoms with E-state index < -0.39 is 101 Å². The fourth-order valence-corrected chi connectivity index (χ4v) is 13.7. The van der Waals surface area contributed by atoms with Crippen molar-refractivity contribution in [1.82, 2.24) is 25.8 Å². The number of methoxy groups -OCH3 is 1. The van der Waals surface area contributed by atoms with Crippen LogP contribution in [0.2, 0.25) is 5.02 Å². The zero-order chi connectivity index (χ0) is 66.4. The number of likely N-dealkylation sites (N-methyl/N-ethyl adjacent to an activating group) is 1. The van der Waals surface area contributed by atoms with E-state index in [9.17, 15) is 48.3 Å². The number of carbonyl (C=O) groups excluding carboxylic acids is 9. The number of ether oxygens (including phenoxy) is 4. The van der Waals surface area contributed by atoms with E-state index in [0.29, 0.717) is 70.1 Å². The minimum atomic E-state index is -1.65. The predicted octanol–water partition coefficient (Wildman–Crippen LogP) is 8.28. The summed E-state index contributed by atoms with van der Waals surface area (Å²) in [6, 6.07) is 7.13. The van der Waals surface area contributed by atoms with Crippen LogP contribution in [0.5, 0.6) is 0 Å². The van der Waals surface area contributed by atoms with Gasteiger partial charge in [0.2, 0.25) is 17.7 Å². The van der Waals surface area contributed by atoms with Gasteiger partial charge in [-0.25, -0.2) is 9.59 Å². The molecule has 10 atom stereocenters. The Morgan fingerprint density at radius 2 is 1.70 bits per heavy atom.